The van der Waals surface area contributed by atoms with Crippen LogP contribution in [0.3, 0.4) is 0 Å². The monoisotopic (exact) mass is 572 g/mol. The Hall–Kier alpha value is -3.41. The van der Waals surface area contributed by atoms with Crippen LogP contribution in [0.1, 0.15) is 67.3 Å². The molecule has 0 spiro atoms. The van der Waals surface area contributed by atoms with Crippen molar-refractivity contribution in [1.29, 1.82) is 0 Å². The Bertz CT molecular complexity index is 1270. The van der Waals surface area contributed by atoms with Crippen LogP contribution in [0.2, 0.25) is 0 Å². The zero-order valence-corrected chi connectivity index (χ0v) is 25.7. The van der Waals surface area contributed by atoms with E-state index >= 15 is 0 Å². The van der Waals surface area contributed by atoms with Crippen LogP contribution in [0.5, 0.6) is 5.75 Å². The molecule has 42 heavy (non-hydrogen) atoms. The molecule has 0 aliphatic heterocycles. The Kier molecular flexibility index (Phi) is 13.3. The highest BCUT2D eigenvalue weighted by Gasteiger charge is 2.28. The van der Waals surface area contributed by atoms with Crippen molar-refractivity contribution in [3.63, 3.8) is 0 Å². The van der Waals surface area contributed by atoms with Gasteiger partial charge in [0.15, 0.2) is 0 Å². The molecular weight excluding hydrogens is 524 g/mol. The predicted molar refractivity (Wildman–Crippen MR) is 171 cm³/mol. The van der Waals surface area contributed by atoms with E-state index in [1.165, 1.54) is 33.9 Å². The van der Waals surface area contributed by atoms with Gasteiger partial charge in [0, 0.05) is 17.9 Å². The largest absolute Gasteiger partial charge is 0.493 e. The summed E-state index contributed by atoms with van der Waals surface area (Å²) >= 11 is 0. The average molecular weight is 573 g/mol. The maximum absolute atomic E-state index is 11.7. The lowest BCUT2D eigenvalue weighted by Gasteiger charge is -2.30. The topological polar surface area (TPSA) is 76.0 Å². The van der Waals surface area contributed by atoms with Gasteiger partial charge in [-0.15, -0.1) is 0 Å². The third-order valence-electron chi connectivity index (χ3n) is 8.15. The summed E-state index contributed by atoms with van der Waals surface area (Å²) in [5, 5.41) is 20.0. The molecule has 0 atom stereocenters. The van der Waals surface area contributed by atoms with Gasteiger partial charge in [-0.3, -0.25) is 0 Å². The van der Waals surface area contributed by atoms with E-state index in [2.05, 4.69) is 81.9 Å². The predicted octanol–water partition coefficient (Wildman–Crippen LogP) is 7.21. The molecule has 3 aromatic carbocycles. The Balaban J connectivity index is 1.80. The van der Waals surface area contributed by atoms with Crippen LogP contribution >= 0.6 is 0 Å². The fraction of sp³-hybridized carbons (Fsp3) is 0.432. The fourth-order valence-electron chi connectivity index (χ4n) is 5.24. The molecule has 0 aliphatic carbocycles. The van der Waals surface area contributed by atoms with E-state index < -0.39 is 11.4 Å². The number of benzene rings is 3. The van der Waals surface area contributed by atoms with E-state index in [1.807, 2.05) is 6.07 Å². The van der Waals surface area contributed by atoms with Crippen LogP contribution in [-0.4, -0.2) is 42.6 Å². The first-order chi connectivity index (χ1) is 20.4. The van der Waals surface area contributed by atoms with Gasteiger partial charge in [0.05, 0.1) is 26.4 Å². The molecule has 5 nitrogen and oxygen atoms in total. The summed E-state index contributed by atoms with van der Waals surface area (Å²) in [6, 6.07) is 21.7. The van der Waals surface area contributed by atoms with Gasteiger partial charge in [-0.25, -0.2) is 4.79 Å². The number of aliphatic hydroxyl groups excluding tert-OH is 2. The van der Waals surface area contributed by atoms with Crippen molar-refractivity contribution in [1.82, 2.24) is 0 Å². The van der Waals surface area contributed by atoms with Crippen molar-refractivity contribution in [2.45, 2.75) is 72.1 Å². The highest BCUT2D eigenvalue weighted by Crippen LogP contribution is 2.33. The SMILES string of the molecule is C=CC(=O)OCCc1cc(-c2ccc(CCc3ccc(C)cc3)cc2CC)ccc1OCCC(CO)(CO)CCCC. The molecule has 0 amide bonds. The average Bonchev–Trinajstić information content (AvgIpc) is 3.02. The summed E-state index contributed by atoms with van der Waals surface area (Å²) in [6.07, 6.45) is 7.84. The van der Waals surface area contributed by atoms with Gasteiger partial charge in [-0.1, -0.05) is 87.4 Å². The molecule has 0 saturated heterocycles. The van der Waals surface area contributed by atoms with Crippen molar-refractivity contribution < 1.29 is 24.5 Å². The minimum absolute atomic E-state index is 0.0725. The quantitative estimate of drug-likeness (QED) is 0.124. The van der Waals surface area contributed by atoms with Crippen molar-refractivity contribution in [2.75, 3.05) is 26.4 Å². The minimum atomic E-state index is -0.549. The van der Waals surface area contributed by atoms with Gasteiger partial charge in [0.2, 0.25) is 0 Å². The van der Waals surface area contributed by atoms with Gasteiger partial charge in [-0.05, 0) is 84.5 Å². The van der Waals surface area contributed by atoms with Gasteiger partial charge in [-0.2, -0.15) is 0 Å². The Morgan fingerprint density at radius 1 is 0.857 bits per heavy atom. The zero-order chi connectivity index (χ0) is 30.4. The lowest BCUT2D eigenvalue weighted by atomic mass is 9.81. The van der Waals surface area contributed by atoms with E-state index in [-0.39, 0.29) is 19.8 Å². The summed E-state index contributed by atoms with van der Waals surface area (Å²) in [6.45, 7) is 10.3. The van der Waals surface area contributed by atoms with Crippen molar-refractivity contribution in [3.05, 3.63) is 101 Å². The first-order valence-electron chi connectivity index (χ1n) is 15.3. The second kappa shape index (κ2) is 16.9. The Labute approximate surface area is 252 Å². The number of carbonyl (C=O) groups excluding carboxylic acids is 1. The molecule has 226 valence electrons. The number of aliphatic hydroxyl groups is 2. The molecular formula is C37H48O5. The van der Waals surface area contributed by atoms with Crippen LogP contribution in [0.4, 0.5) is 0 Å². The summed E-state index contributed by atoms with van der Waals surface area (Å²) in [7, 11) is 0. The Morgan fingerprint density at radius 3 is 2.24 bits per heavy atom. The van der Waals surface area contributed by atoms with E-state index in [4.69, 9.17) is 9.47 Å². The van der Waals surface area contributed by atoms with Crippen molar-refractivity contribution >= 4 is 5.97 Å². The molecule has 0 radical (unpaired) electrons. The van der Waals surface area contributed by atoms with Gasteiger partial charge in [0.1, 0.15) is 5.75 Å². The summed E-state index contributed by atoms with van der Waals surface area (Å²) in [5.41, 5.74) is 7.92. The van der Waals surface area contributed by atoms with Crippen molar-refractivity contribution in [3.8, 4) is 16.9 Å². The molecule has 3 aromatic rings. The lowest BCUT2D eigenvalue weighted by Crippen LogP contribution is -2.32. The van der Waals surface area contributed by atoms with Crippen LogP contribution in [0.25, 0.3) is 11.1 Å². The maximum Gasteiger partial charge on any atom is 0.330 e. The third kappa shape index (κ3) is 9.57. The standard InChI is InChI=1S/C37H48O5/c1-5-8-20-37(26-38,27-39)21-23-41-35-18-16-32(25-33(35)19-22-42-36(40)7-3)34-17-15-30(24-31(34)6-2)14-13-29-11-9-28(4)10-12-29/h7,9-12,15-18,24-25,38-39H,3,5-6,8,13-14,19-23,26-27H2,1-2,4H3. The summed E-state index contributed by atoms with van der Waals surface area (Å²) in [5.74, 6) is 0.274. The highest BCUT2D eigenvalue weighted by atomic mass is 16.5. The molecule has 5 heteroatoms. The van der Waals surface area contributed by atoms with Crippen LogP contribution in [-0.2, 0) is 35.2 Å². The van der Waals surface area contributed by atoms with Crippen LogP contribution in [0.15, 0.2) is 73.3 Å². The van der Waals surface area contributed by atoms with E-state index in [1.54, 1.807) is 0 Å². The van der Waals surface area contributed by atoms with Crippen LogP contribution < -0.4 is 4.74 Å². The second-order valence-corrected chi connectivity index (χ2v) is 11.3. The molecule has 3 rings (SSSR count). The first kappa shape index (κ1) is 33.1. The number of rotatable bonds is 18. The smallest absolute Gasteiger partial charge is 0.330 e. The molecule has 0 fully saturated rings. The molecule has 2 N–H and O–H groups in total. The molecule has 0 bridgehead atoms. The van der Waals surface area contributed by atoms with E-state index in [0.29, 0.717) is 19.4 Å². The molecule has 0 heterocycles. The van der Waals surface area contributed by atoms with E-state index in [9.17, 15) is 15.0 Å². The number of aryl methyl sites for hydroxylation is 4. The van der Waals surface area contributed by atoms with Gasteiger partial charge < -0.3 is 19.7 Å². The fourth-order valence-corrected chi connectivity index (χ4v) is 5.24. The Morgan fingerprint density at radius 2 is 1.57 bits per heavy atom. The summed E-state index contributed by atoms with van der Waals surface area (Å²) in [4.78, 5) is 11.7. The maximum atomic E-state index is 11.7. The minimum Gasteiger partial charge on any atom is -0.493 e. The normalized spacial score (nSPS) is 11.4. The van der Waals surface area contributed by atoms with Crippen LogP contribution in [0, 0.1) is 12.3 Å². The number of ether oxygens (including phenoxy) is 2. The van der Waals surface area contributed by atoms with E-state index in [0.717, 1.165) is 55.4 Å². The number of unbranched alkanes of at least 4 members (excludes halogenated alkanes) is 1. The second-order valence-electron chi connectivity index (χ2n) is 11.3. The summed E-state index contributed by atoms with van der Waals surface area (Å²) < 4.78 is 11.5. The molecule has 0 aromatic heterocycles. The van der Waals surface area contributed by atoms with Crippen molar-refractivity contribution in [2.24, 2.45) is 5.41 Å². The number of carbonyl (C=O) groups is 1. The first-order valence-corrected chi connectivity index (χ1v) is 15.3. The van der Waals surface area contributed by atoms with Gasteiger partial charge >= 0.3 is 5.97 Å². The zero-order valence-electron chi connectivity index (χ0n) is 25.7. The highest BCUT2D eigenvalue weighted by molar-refractivity contribution is 5.81. The van der Waals surface area contributed by atoms with Gasteiger partial charge in [0.25, 0.3) is 0 Å². The molecule has 0 aliphatic rings. The lowest BCUT2D eigenvalue weighted by molar-refractivity contribution is -0.137. The molecule has 0 unspecified atom stereocenters. The number of esters is 1. The number of hydrogen-bond acceptors (Lipinski definition) is 5. The number of hydrogen-bond donors (Lipinski definition) is 2. The molecule has 0 saturated carbocycles. The third-order valence-corrected chi connectivity index (χ3v) is 8.15.